The Balaban J connectivity index is 1.49. The van der Waals surface area contributed by atoms with Gasteiger partial charge < -0.3 is 4.74 Å². The number of hydrazine groups is 1. The summed E-state index contributed by atoms with van der Waals surface area (Å²) in [5, 5.41) is 4.01. The first-order valence-electron chi connectivity index (χ1n) is 8.26. The molecule has 0 aliphatic carbocycles. The molecule has 1 heterocycles. The van der Waals surface area contributed by atoms with Gasteiger partial charge in [0.2, 0.25) is 0 Å². The molecule has 8 heteroatoms. The van der Waals surface area contributed by atoms with Crippen LogP contribution in [-0.2, 0) is 4.79 Å². The summed E-state index contributed by atoms with van der Waals surface area (Å²) in [4.78, 5) is 27.8. The van der Waals surface area contributed by atoms with Crippen molar-refractivity contribution in [2.45, 2.75) is 13.8 Å². The molecule has 0 radical (unpaired) electrons. The molecular weight excluding hydrogens is 346 g/mol. The maximum atomic E-state index is 12.1. The topological polar surface area (TPSA) is 98.1 Å². The minimum Gasteiger partial charge on any atom is -0.484 e. The van der Waals surface area contributed by atoms with Crippen molar-refractivity contribution >= 4 is 11.8 Å². The Bertz CT molecular complexity index is 916. The van der Waals surface area contributed by atoms with Gasteiger partial charge in [0, 0.05) is 5.56 Å². The van der Waals surface area contributed by atoms with Crippen molar-refractivity contribution in [2.24, 2.45) is 0 Å². The summed E-state index contributed by atoms with van der Waals surface area (Å²) in [5.74, 6) is -0.278. The van der Waals surface area contributed by atoms with E-state index in [-0.39, 0.29) is 6.61 Å². The van der Waals surface area contributed by atoms with Crippen molar-refractivity contribution in [2.75, 3.05) is 6.61 Å². The fraction of sp³-hybridized carbons (Fsp3) is 0.158. The average Bonchev–Trinajstić information content (AvgIpc) is 3.18. The standard InChI is InChI=1S/C19H19N5O3/c1-13-7-14(2)9-17(8-13)27-10-18(25)22-23-19(26)15-3-5-16(6-4-15)24-12-20-11-21-24/h3-9,11-12H,10H2,1-2H3,(H,22,25)(H,23,26). The number of amides is 2. The molecule has 0 saturated heterocycles. The third kappa shape index (κ3) is 4.91. The molecule has 0 bridgehead atoms. The van der Waals surface area contributed by atoms with Gasteiger partial charge in [-0.2, -0.15) is 5.10 Å². The fourth-order valence-corrected chi connectivity index (χ4v) is 2.51. The van der Waals surface area contributed by atoms with Crippen LogP contribution in [0.5, 0.6) is 5.75 Å². The van der Waals surface area contributed by atoms with Gasteiger partial charge in [-0.05, 0) is 61.4 Å². The molecular formula is C19H19N5O3. The van der Waals surface area contributed by atoms with Gasteiger partial charge in [-0.1, -0.05) is 6.07 Å². The zero-order chi connectivity index (χ0) is 19.2. The van der Waals surface area contributed by atoms with Crippen molar-refractivity contribution in [3.8, 4) is 11.4 Å². The van der Waals surface area contributed by atoms with Gasteiger partial charge in [-0.15, -0.1) is 0 Å². The summed E-state index contributed by atoms with van der Waals surface area (Å²) in [6, 6.07) is 12.4. The zero-order valence-electron chi connectivity index (χ0n) is 15.0. The van der Waals surface area contributed by atoms with Crippen LogP contribution in [0, 0.1) is 13.8 Å². The van der Waals surface area contributed by atoms with Crippen LogP contribution in [0.3, 0.4) is 0 Å². The summed E-state index contributed by atoms with van der Waals surface area (Å²) in [6.45, 7) is 3.71. The van der Waals surface area contributed by atoms with Crippen molar-refractivity contribution in [3.05, 3.63) is 71.8 Å². The lowest BCUT2D eigenvalue weighted by atomic mass is 10.1. The first-order valence-corrected chi connectivity index (χ1v) is 8.26. The summed E-state index contributed by atoms with van der Waals surface area (Å²) in [7, 11) is 0. The molecule has 8 nitrogen and oxygen atoms in total. The number of carbonyl (C=O) groups is 2. The molecule has 2 aromatic carbocycles. The van der Waals surface area contributed by atoms with E-state index in [1.165, 1.54) is 6.33 Å². The van der Waals surface area contributed by atoms with Gasteiger partial charge in [-0.25, -0.2) is 9.67 Å². The van der Waals surface area contributed by atoms with Crippen molar-refractivity contribution < 1.29 is 14.3 Å². The van der Waals surface area contributed by atoms with Crippen LogP contribution in [0.25, 0.3) is 5.69 Å². The van der Waals surface area contributed by atoms with E-state index in [0.29, 0.717) is 11.3 Å². The summed E-state index contributed by atoms with van der Waals surface area (Å²) in [6.07, 6.45) is 2.99. The highest BCUT2D eigenvalue weighted by Gasteiger charge is 2.09. The summed E-state index contributed by atoms with van der Waals surface area (Å²) in [5.41, 5.74) is 7.96. The Morgan fingerprint density at radius 2 is 1.74 bits per heavy atom. The second kappa shape index (κ2) is 8.13. The number of rotatable bonds is 5. The highest BCUT2D eigenvalue weighted by atomic mass is 16.5. The second-order valence-corrected chi connectivity index (χ2v) is 6.00. The number of hydrogen-bond donors (Lipinski definition) is 2. The molecule has 2 amide bonds. The van der Waals surface area contributed by atoms with Crippen LogP contribution >= 0.6 is 0 Å². The molecule has 0 saturated carbocycles. The Kier molecular flexibility index (Phi) is 5.46. The number of hydrogen-bond acceptors (Lipinski definition) is 5. The molecule has 0 fully saturated rings. The molecule has 1 aromatic heterocycles. The first-order chi connectivity index (χ1) is 13.0. The highest BCUT2D eigenvalue weighted by molar-refractivity contribution is 5.95. The van der Waals surface area contributed by atoms with Gasteiger partial charge in [0.15, 0.2) is 6.61 Å². The van der Waals surface area contributed by atoms with Crippen LogP contribution in [-0.4, -0.2) is 33.2 Å². The largest absolute Gasteiger partial charge is 0.484 e. The number of ether oxygens (including phenoxy) is 1. The predicted molar refractivity (Wildman–Crippen MR) is 98.4 cm³/mol. The van der Waals surface area contributed by atoms with Crippen LogP contribution in [0.15, 0.2) is 55.1 Å². The number of nitrogens with one attached hydrogen (secondary N) is 2. The zero-order valence-corrected chi connectivity index (χ0v) is 15.0. The Morgan fingerprint density at radius 1 is 1.04 bits per heavy atom. The first kappa shape index (κ1) is 18.1. The van der Waals surface area contributed by atoms with Crippen molar-refractivity contribution in [3.63, 3.8) is 0 Å². The Labute approximate surface area is 156 Å². The number of aromatic nitrogens is 3. The smallest absolute Gasteiger partial charge is 0.276 e. The van der Waals surface area contributed by atoms with Crippen molar-refractivity contribution in [1.29, 1.82) is 0 Å². The van der Waals surface area contributed by atoms with Crippen LogP contribution in [0.2, 0.25) is 0 Å². The van der Waals surface area contributed by atoms with Gasteiger partial charge in [0.1, 0.15) is 18.4 Å². The minimum atomic E-state index is -0.457. The summed E-state index contributed by atoms with van der Waals surface area (Å²) >= 11 is 0. The number of nitrogens with zero attached hydrogens (tertiary/aromatic N) is 3. The lowest BCUT2D eigenvalue weighted by Gasteiger charge is -2.10. The fourth-order valence-electron chi connectivity index (χ4n) is 2.51. The molecule has 0 aliphatic heterocycles. The van der Waals surface area contributed by atoms with Crippen LogP contribution in [0.1, 0.15) is 21.5 Å². The third-order valence-electron chi connectivity index (χ3n) is 3.69. The van der Waals surface area contributed by atoms with Gasteiger partial charge in [-0.3, -0.25) is 20.4 Å². The molecule has 0 spiro atoms. The lowest BCUT2D eigenvalue weighted by molar-refractivity contribution is -0.123. The van der Waals surface area contributed by atoms with Gasteiger partial charge in [0.05, 0.1) is 5.69 Å². The molecule has 0 aliphatic rings. The molecule has 3 aromatic rings. The van der Waals surface area contributed by atoms with E-state index >= 15 is 0 Å². The van der Waals surface area contributed by atoms with E-state index < -0.39 is 11.8 Å². The van der Waals surface area contributed by atoms with Crippen LogP contribution in [0.4, 0.5) is 0 Å². The quantitative estimate of drug-likeness (QED) is 0.671. The molecule has 3 rings (SSSR count). The average molecular weight is 365 g/mol. The minimum absolute atomic E-state index is 0.200. The molecule has 138 valence electrons. The SMILES string of the molecule is Cc1cc(C)cc(OCC(=O)NNC(=O)c2ccc(-n3cncn3)cc2)c1. The Morgan fingerprint density at radius 3 is 2.37 bits per heavy atom. The van der Waals surface area contributed by atoms with Crippen LogP contribution < -0.4 is 15.6 Å². The Hall–Kier alpha value is -3.68. The third-order valence-corrected chi connectivity index (χ3v) is 3.69. The lowest BCUT2D eigenvalue weighted by Crippen LogP contribution is -2.43. The number of aryl methyl sites for hydroxylation is 2. The van der Waals surface area contributed by atoms with Crippen molar-refractivity contribution in [1.82, 2.24) is 25.6 Å². The van der Waals surface area contributed by atoms with E-state index in [0.717, 1.165) is 16.8 Å². The van der Waals surface area contributed by atoms with Gasteiger partial charge in [0.25, 0.3) is 11.8 Å². The number of benzene rings is 2. The summed E-state index contributed by atoms with van der Waals surface area (Å²) < 4.78 is 7.02. The number of carbonyl (C=O) groups excluding carboxylic acids is 2. The monoisotopic (exact) mass is 365 g/mol. The molecule has 0 atom stereocenters. The van der Waals surface area contributed by atoms with E-state index in [9.17, 15) is 9.59 Å². The highest BCUT2D eigenvalue weighted by Crippen LogP contribution is 2.15. The normalized spacial score (nSPS) is 10.3. The molecule has 2 N–H and O–H groups in total. The second-order valence-electron chi connectivity index (χ2n) is 6.00. The molecule has 27 heavy (non-hydrogen) atoms. The molecule has 0 unspecified atom stereocenters. The van der Waals surface area contributed by atoms with Gasteiger partial charge >= 0.3 is 0 Å². The van der Waals surface area contributed by atoms with E-state index in [2.05, 4.69) is 20.9 Å². The van der Waals surface area contributed by atoms with E-state index in [1.54, 1.807) is 35.3 Å². The van der Waals surface area contributed by atoms with E-state index in [4.69, 9.17) is 4.74 Å². The van der Waals surface area contributed by atoms with E-state index in [1.807, 2.05) is 32.0 Å². The maximum Gasteiger partial charge on any atom is 0.276 e. The maximum absolute atomic E-state index is 12.1. The predicted octanol–water partition coefficient (Wildman–Crippen LogP) is 1.72.